The fourth-order valence-corrected chi connectivity index (χ4v) is 2.03. The SMILES string of the molecule is COC(=O)c1cccnc1N1CCOC(C(=O)OC)C1. The van der Waals surface area contributed by atoms with Gasteiger partial charge in [0.25, 0.3) is 0 Å². The van der Waals surface area contributed by atoms with Crippen molar-refractivity contribution in [2.45, 2.75) is 6.10 Å². The van der Waals surface area contributed by atoms with Crippen molar-refractivity contribution in [3.8, 4) is 0 Å². The second kappa shape index (κ2) is 6.33. The van der Waals surface area contributed by atoms with Gasteiger partial charge in [0.15, 0.2) is 6.10 Å². The molecular weight excluding hydrogens is 264 g/mol. The highest BCUT2D eigenvalue weighted by Crippen LogP contribution is 2.21. The maximum Gasteiger partial charge on any atom is 0.341 e. The van der Waals surface area contributed by atoms with Gasteiger partial charge in [0.05, 0.1) is 27.4 Å². The zero-order valence-electron chi connectivity index (χ0n) is 11.4. The molecule has 1 fully saturated rings. The summed E-state index contributed by atoms with van der Waals surface area (Å²) >= 11 is 0. The van der Waals surface area contributed by atoms with E-state index in [-0.39, 0.29) is 6.54 Å². The van der Waals surface area contributed by atoms with Crippen LogP contribution in [0.15, 0.2) is 18.3 Å². The molecule has 0 N–H and O–H groups in total. The van der Waals surface area contributed by atoms with Crippen LogP contribution in [0.1, 0.15) is 10.4 Å². The van der Waals surface area contributed by atoms with E-state index >= 15 is 0 Å². The number of ether oxygens (including phenoxy) is 3. The molecule has 0 bridgehead atoms. The highest BCUT2D eigenvalue weighted by Gasteiger charge is 2.30. The maximum absolute atomic E-state index is 11.7. The van der Waals surface area contributed by atoms with E-state index in [1.807, 2.05) is 4.90 Å². The topological polar surface area (TPSA) is 78.0 Å². The van der Waals surface area contributed by atoms with Gasteiger partial charge in [-0.05, 0) is 12.1 Å². The number of rotatable bonds is 3. The standard InChI is InChI=1S/C13H16N2O5/c1-18-12(16)9-4-3-5-14-11(9)15-6-7-20-10(8-15)13(17)19-2/h3-5,10H,6-8H2,1-2H3. The van der Waals surface area contributed by atoms with Crippen molar-refractivity contribution in [3.05, 3.63) is 23.9 Å². The summed E-state index contributed by atoms with van der Waals surface area (Å²) in [5.74, 6) is -0.420. The number of esters is 2. The van der Waals surface area contributed by atoms with E-state index in [4.69, 9.17) is 9.47 Å². The molecule has 1 unspecified atom stereocenters. The predicted molar refractivity (Wildman–Crippen MR) is 69.5 cm³/mol. The summed E-state index contributed by atoms with van der Waals surface area (Å²) in [4.78, 5) is 29.3. The van der Waals surface area contributed by atoms with E-state index < -0.39 is 18.0 Å². The highest BCUT2D eigenvalue weighted by molar-refractivity contribution is 5.94. The predicted octanol–water partition coefficient (Wildman–Crippen LogP) is 0.246. The third-order valence-corrected chi connectivity index (χ3v) is 3.02. The van der Waals surface area contributed by atoms with Crippen LogP contribution in [0.5, 0.6) is 0 Å². The molecule has 1 saturated heterocycles. The first kappa shape index (κ1) is 14.3. The van der Waals surface area contributed by atoms with Crippen LogP contribution in [0.4, 0.5) is 5.82 Å². The lowest BCUT2D eigenvalue weighted by Crippen LogP contribution is -2.47. The minimum Gasteiger partial charge on any atom is -0.467 e. The first-order valence-corrected chi connectivity index (χ1v) is 6.15. The number of hydrogen-bond acceptors (Lipinski definition) is 7. The normalized spacial score (nSPS) is 18.5. The quantitative estimate of drug-likeness (QED) is 0.734. The Hall–Kier alpha value is -2.15. The van der Waals surface area contributed by atoms with Crippen molar-refractivity contribution < 1.29 is 23.8 Å². The zero-order valence-corrected chi connectivity index (χ0v) is 11.4. The summed E-state index contributed by atoms with van der Waals surface area (Å²) in [6.07, 6.45) is 0.908. The van der Waals surface area contributed by atoms with Crippen molar-refractivity contribution in [3.63, 3.8) is 0 Å². The lowest BCUT2D eigenvalue weighted by molar-refractivity contribution is -0.154. The number of nitrogens with zero attached hydrogens (tertiary/aromatic N) is 2. The molecule has 0 aliphatic carbocycles. The summed E-state index contributed by atoms with van der Waals surface area (Å²) in [6.45, 7) is 1.18. The van der Waals surface area contributed by atoms with E-state index in [0.29, 0.717) is 24.5 Å². The fraction of sp³-hybridized carbons (Fsp3) is 0.462. The highest BCUT2D eigenvalue weighted by atomic mass is 16.6. The molecule has 0 radical (unpaired) electrons. The van der Waals surface area contributed by atoms with E-state index in [1.54, 1.807) is 18.3 Å². The Balaban J connectivity index is 2.23. The van der Waals surface area contributed by atoms with Gasteiger partial charge in [-0.3, -0.25) is 0 Å². The molecule has 0 spiro atoms. The molecule has 7 heteroatoms. The zero-order chi connectivity index (χ0) is 14.5. The maximum atomic E-state index is 11.7. The van der Waals surface area contributed by atoms with Crippen LogP contribution in [0.3, 0.4) is 0 Å². The van der Waals surface area contributed by atoms with Gasteiger partial charge < -0.3 is 19.1 Å². The molecule has 20 heavy (non-hydrogen) atoms. The average molecular weight is 280 g/mol. The Labute approximate surface area is 116 Å². The Kier molecular flexibility index (Phi) is 4.52. The van der Waals surface area contributed by atoms with Gasteiger partial charge in [-0.2, -0.15) is 0 Å². The number of pyridine rings is 1. The van der Waals surface area contributed by atoms with Gasteiger partial charge in [-0.1, -0.05) is 0 Å². The van der Waals surface area contributed by atoms with Gasteiger partial charge in [-0.25, -0.2) is 14.6 Å². The Morgan fingerprint density at radius 1 is 1.40 bits per heavy atom. The number of carbonyl (C=O) groups excluding carboxylic acids is 2. The largest absolute Gasteiger partial charge is 0.467 e. The minimum atomic E-state index is -0.679. The Bertz CT molecular complexity index is 505. The van der Waals surface area contributed by atoms with Crippen molar-refractivity contribution in [1.82, 2.24) is 4.98 Å². The van der Waals surface area contributed by atoms with Crippen molar-refractivity contribution >= 4 is 17.8 Å². The molecule has 1 aromatic rings. The average Bonchev–Trinajstić information content (AvgIpc) is 2.53. The molecular formula is C13H16N2O5. The first-order valence-electron chi connectivity index (χ1n) is 6.15. The molecule has 0 amide bonds. The van der Waals surface area contributed by atoms with Crippen LogP contribution in [0.25, 0.3) is 0 Å². The molecule has 1 aliphatic rings. The van der Waals surface area contributed by atoms with Crippen LogP contribution in [-0.4, -0.2) is 56.9 Å². The van der Waals surface area contributed by atoms with Crippen molar-refractivity contribution in [1.29, 1.82) is 0 Å². The minimum absolute atomic E-state index is 0.285. The molecule has 1 aliphatic heterocycles. The van der Waals surface area contributed by atoms with E-state index in [9.17, 15) is 9.59 Å². The third kappa shape index (κ3) is 2.88. The smallest absolute Gasteiger partial charge is 0.341 e. The second-order valence-corrected chi connectivity index (χ2v) is 4.19. The molecule has 0 aromatic carbocycles. The van der Waals surface area contributed by atoms with Gasteiger partial charge in [0.1, 0.15) is 11.4 Å². The third-order valence-electron chi connectivity index (χ3n) is 3.02. The van der Waals surface area contributed by atoms with Crippen LogP contribution >= 0.6 is 0 Å². The van der Waals surface area contributed by atoms with Gasteiger partial charge in [0, 0.05) is 12.7 Å². The monoisotopic (exact) mass is 280 g/mol. The van der Waals surface area contributed by atoms with Crippen LogP contribution in [0.2, 0.25) is 0 Å². The lowest BCUT2D eigenvalue weighted by Gasteiger charge is -2.32. The van der Waals surface area contributed by atoms with Gasteiger partial charge >= 0.3 is 11.9 Å². The molecule has 108 valence electrons. The molecule has 2 rings (SSSR count). The van der Waals surface area contributed by atoms with Crippen molar-refractivity contribution in [2.75, 3.05) is 38.8 Å². The van der Waals surface area contributed by atoms with Crippen molar-refractivity contribution in [2.24, 2.45) is 0 Å². The van der Waals surface area contributed by atoms with E-state index in [2.05, 4.69) is 9.72 Å². The first-order chi connectivity index (χ1) is 9.67. The van der Waals surface area contributed by atoms with E-state index in [1.165, 1.54) is 14.2 Å². The van der Waals surface area contributed by atoms with Gasteiger partial charge in [0.2, 0.25) is 0 Å². The molecule has 2 heterocycles. The number of carbonyl (C=O) groups is 2. The van der Waals surface area contributed by atoms with Crippen LogP contribution in [-0.2, 0) is 19.0 Å². The molecule has 1 aromatic heterocycles. The number of morpholine rings is 1. The van der Waals surface area contributed by atoms with Gasteiger partial charge in [-0.15, -0.1) is 0 Å². The summed E-state index contributed by atoms with van der Waals surface area (Å²) in [5, 5.41) is 0. The Morgan fingerprint density at radius 3 is 2.90 bits per heavy atom. The number of methoxy groups -OCH3 is 2. The number of anilines is 1. The van der Waals surface area contributed by atoms with Crippen LogP contribution in [0, 0.1) is 0 Å². The Morgan fingerprint density at radius 2 is 2.20 bits per heavy atom. The number of aromatic nitrogens is 1. The molecule has 1 atom stereocenters. The number of hydrogen-bond donors (Lipinski definition) is 0. The lowest BCUT2D eigenvalue weighted by atomic mass is 10.2. The summed E-state index contributed by atoms with van der Waals surface area (Å²) < 4.78 is 14.8. The second-order valence-electron chi connectivity index (χ2n) is 4.19. The molecule has 7 nitrogen and oxygen atoms in total. The van der Waals surface area contributed by atoms with E-state index in [0.717, 1.165) is 0 Å². The summed E-state index contributed by atoms with van der Waals surface area (Å²) in [6, 6.07) is 3.30. The molecule has 0 saturated carbocycles. The fourth-order valence-electron chi connectivity index (χ4n) is 2.03. The van der Waals surface area contributed by atoms with Crippen LogP contribution < -0.4 is 4.90 Å². The summed E-state index contributed by atoms with van der Waals surface area (Å²) in [5.41, 5.74) is 0.362. The summed E-state index contributed by atoms with van der Waals surface area (Å²) in [7, 11) is 2.63.